The summed E-state index contributed by atoms with van der Waals surface area (Å²) in [5, 5.41) is 15.8. The van der Waals surface area contributed by atoms with Gasteiger partial charge in [-0.05, 0) is 56.7 Å². The van der Waals surface area contributed by atoms with Crippen molar-refractivity contribution in [3.8, 4) is 5.75 Å². The van der Waals surface area contributed by atoms with Crippen LogP contribution in [0.1, 0.15) is 36.9 Å². The monoisotopic (exact) mass is 558 g/mol. The fraction of sp³-hybridized carbons (Fsp3) is 0.429. The molecule has 9 nitrogen and oxygen atoms in total. The third kappa shape index (κ3) is 9.08. The Bertz CT molecular complexity index is 1240. The summed E-state index contributed by atoms with van der Waals surface area (Å²) < 4.78 is 45.7. The molecule has 4 rings (SSSR count). The lowest BCUT2D eigenvalue weighted by atomic mass is 10.1. The Labute approximate surface area is 230 Å². The van der Waals surface area contributed by atoms with Crippen molar-refractivity contribution in [3.63, 3.8) is 0 Å². The number of halogens is 3. The molecule has 0 spiro atoms. The molecule has 0 radical (unpaired) electrons. The number of nitrogens with zero attached hydrogens (tertiary/aromatic N) is 4. The van der Waals surface area contributed by atoms with Crippen molar-refractivity contribution in [2.45, 2.75) is 44.6 Å². The molecule has 214 valence electrons. The standard InChI is InChI=1S/C28H33F3N6O3/c29-20-14-21(30)16-24(15-20)40-13-12-37(11-8-25(27(38)39)36-28-33-17-22(31)18-34-28)10-2-1-5-23-7-6-19-4-3-9-32-26(19)35-23/h6-7,14-18,25H,1-5,8-13H2,(H,32,35)(H,38,39)(H,33,34,36). The van der Waals surface area contributed by atoms with Crippen molar-refractivity contribution in [1.29, 1.82) is 0 Å². The average molecular weight is 559 g/mol. The molecular weight excluding hydrogens is 525 g/mol. The number of carboxylic acids is 1. The second-order valence-electron chi connectivity index (χ2n) is 9.64. The number of pyridine rings is 1. The highest BCUT2D eigenvalue weighted by Crippen LogP contribution is 2.20. The van der Waals surface area contributed by atoms with Gasteiger partial charge in [0.15, 0.2) is 5.82 Å². The zero-order valence-electron chi connectivity index (χ0n) is 22.1. The molecule has 12 heteroatoms. The van der Waals surface area contributed by atoms with E-state index in [0.29, 0.717) is 19.6 Å². The van der Waals surface area contributed by atoms with E-state index in [9.17, 15) is 23.1 Å². The lowest BCUT2D eigenvalue weighted by Gasteiger charge is -2.24. The molecule has 1 aliphatic rings. The zero-order valence-corrected chi connectivity index (χ0v) is 22.1. The van der Waals surface area contributed by atoms with E-state index in [-0.39, 0.29) is 24.7 Å². The molecule has 0 bridgehead atoms. The maximum atomic E-state index is 13.5. The summed E-state index contributed by atoms with van der Waals surface area (Å²) in [4.78, 5) is 26.2. The minimum Gasteiger partial charge on any atom is -0.492 e. The molecule has 0 amide bonds. The van der Waals surface area contributed by atoms with Crippen LogP contribution < -0.4 is 15.4 Å². The Hall–Kier alpha value is -3.93. The third-order valence-electron chi connectivity index (χ3n) is 6.58. The average Bonchev–Trinajstić information content (AvgIpc) is 2.93. The predicted octanol–water partition coefficient (Wildman–Crippen LogP) is 4.31. The van der Waals surface area contributed by atoms with Crippen molar-refractivity contribution in [1.82, 2.24) is 19.9 Å². The Morgan fingerprint density at radius 1 is 1.05 bits per heavy atom. The number of rotatable bonds is 15. The number of benzene rings is 1. The SMILES string of the molecule is O=C(O)C(CCN(CCCCc1ccc2c(n1)NCCC2)CCOc1cc(F)cc(F)c1)Nc1ncc(F)cn1. The smallest absolute Gasteiger partial charge is 0.326 e. The lowest BCUT2D eigenvalue weighted by molar-refractivity contribution is -0.138. The predicted molar refractivity (Wildman–Crippen MR) is 144 cm³/mol. The fourth-order valence-electron chi connectivity index (χ4n) is 4.50. The highest BCUT2D eigenvalue weighted by molar-refractivity contribution is 5.76. The Kier molecular flexibility index (Phi) is 10.5. The van der Waals surface area contributed by atoms with Crippen LogP contribution in [0, 0.1) is 17.5 Å². The summed E-state index contributed by atoms with van der Waals surface area (Å²) in [6.45, 7) is 2.56. The van der Waals surface area contributed by atoms with E-state index in [1.54, 1.807) is 0 Å². The first-order valence-electron chi connectivity index (χ1n) is 13.4. The van der Waals surface area contributed by atoms with Gasteiger partial charge in [-0.25, -0.2) is 32.9 Å². The number of anilines is 2. The molecular formula is C28H33F3N6O3. The highest BCUT2D eigenvalue weighted by Gasteiger charge is 2.20. The molecule has 0 saturated carbocycles. The second-order valence-corrected chi connectivity index (χ2v) is 9.64. The van der Waals surface area contributed by atoms with Gasteiger partial charge in [0.05, 0.1) is 12.4 Å². The van der Waals surface area contributed by atoms with Crippen LogP contribution >= 0.6 is 0 Å². The van der Waals surface area contributed by atoms with Gasteiger partial charge in [0, 0.05) is 43.5 Å². The maximum Gasteiger partial charge on any atom is 0.326 e. The first-order valence-corrected chi connectivity index (χ1v) is 13.4. The van der Waals surface area contributed by atoms with Gasteiger partial charge in [0.2, 0.25) is 5.95 Å². The largest absolute Gasteiger partial charge is 0.492 e. The van der Waals surface area contributed by atoms with Crippen LogP contribution in [0.5, 0.6) is 5.75 Å². The van der Waals surface area contributed by atoms with Crippen LogP contribution in [0.4, 0.5) is 24.9 Å². The number of fused-ring (bicyclic) bond motifs is 1. The maximum absolute atomic E-state index is 13.5. The first kappa shape index (κ1) is 29.1. The van der Waals surface area contributed by atoms with Crippen molar-refractivity contribution < 1.29 is 27.8 Å². The first-order chi connectivity index (χ1) is 19.4. The van der Waals surface area contributed by atoms with Crippen LogP contribution in [0.25, 0.3) is 0 Å². The molecule has 3 N–H and O–H groups in total. The molecule has 3 aromatic rings. The summed E-state index contributed by atoms with van der Waals surface area (Å²) in [6, 6.07) is 6.19. The van der Waals surface area contributed by atoms with Gasteiger partial charge in [-0.3, -0.25) is 4.90 Å². The number of hydrogen-bond donors (Lipinski definition) is 3. The minimum atomic E-state index is -1.09. The van der Waals surface area contributed by atoms with E-state index in [1.807, 2.05) is 4.90 Å². The van der Waals surface area contributed by atoms with Crippen molar-refractivity contribution >= 4 is 17.7 Å². The summed E-state index contributed by atoms with van der Waals surface area (Å²) in [5.74, 6) is -2.09. The summed E-state index contributed by atoms with van der Waals surface area (Å²) >= 11 is 0. The van der Waals surface area contributed by atoms with Crippen LogP contribution in [-0.2, 0) is 17.6 Å². The van der Waals surface area contributed by atoms with Gasteiger partial charge in [0.1, 0.15) is 35.9 Å². The number of carboxylic acid groups (broad SMARTS) is 1. The number of ether oxygens (including phenoxy) is 1. The molecule has 1 aromatic carbocycles. The minimum absolute atomic E-state index is 0.0175. The molecule has 40 heavy (non-hydrogen) atoms. The van der Waals surface area contributed by atoms with Gasteiger partial charge in [-0.2, -0.15) is 0 Å². The third-order valence-corrected chi connectivity index (χ3v) is 6.58. The van der Waals surface area contributed by atoms with Gasteiger partial charge in [-0.15, -0.1) is 0 Å². The van der Waals surface area contributed by atoms with Crippen molar-refractivity contribution in [2.24, 2.45) is 0 Å². The number of aryl methyl sites for hydroxylation is 2. The van der Waals surface area contributed by atoms with E-state index in [2.05, 4.69) is 32.7 Å². The molecule has 3 heterocycles. The van der Waals surface area contributed by atoms with Gasteiger partial charge < -0.3 is 20.5 Å². The quantitative estimate of drug-likeness (QED) is 0.235. The summed E-state index contributed by atoms with van der Waals surface area (Å²) in [6.07, 6.45) is 6.79. The van der Waals surface area contributed by atoms with Gasteiger partial charge in [0.25, 0.3) is 0 Å². The van der Waals surface area contributed by atoms with Gasteiger partial charge in [-0.1, -0.05) is 6.07 Å². The van der Waals surface area contributed by atoms with E-state index >= 15 is 0 Å². The zero-order chi connectivity index (χ0) is 28.3. The molecule has 1 unspecified atom stereocenters. The molecule has 0 saturated heterocycles. The number of aromatic nitrogens is 3. The van der Waals surface area contributed by atoms with Crippen LogP contribution in [0.15, 0.2) is 42.7 Å². The normalized spacial score (nSPS) is 13.4. The number of hydrogen-bond acceptors (Lipinski definition) is 8. The number of carbonyl (C=O) groups is 1. The molecule has 0 fully saturated rings. The van der Waals surface area contributed by atoms with E-state index < -0.39 is 29.5 Å². The van der Waals surface area contributed by atoms with E-state index in [4.69, 9.17) is 9.72 Å². The van der Waals surface area contributed by atoms with Gasteiger partial charge >= 0.3 is 5.97 Å². The second kappa shape index (κ2) is 14.5. The highest BCUT2D eigenvalue weighted by atomic mass is 19.1. The van der Waals surface area contributed by atoms with Crippen LogP contribution in [0.3, 0.4) is 0 Å². The number of aliphatic carboxylic acids is 1. The fourth-order valence-corrected chi connectivity index (χ4v) is 4.50. The Morgan fingerprint density at radius 3 is 2.58 bits per heavy atom. The van der Waals surface area contributed by atoms with E-state index in [0.717, 1.165) is 80.8 Å². The Morgan fingerprint density at radius 2 is 1.82 bits per heavy atom. The topological polar surface area (TPSA) is 112 Å². The molecule has 0 aliphatic carbocycles. The van der Waals surface area contributed by atoms with Crippen molar-refractivity contribution in [2.75, 3.05) is 43.4 Å². The molecule has 1 aliphatic heterocycles. The number of nitrogens with one attached hydrogen (secondary N) is 2. The van der Waals surface area contributed by atoms with Crippen LogP contribution in [-0.4, -0.2) is 69.8 Å². The molecule has 1 atom stereocenters. The van der Waals surface area contributed by atoms with Crippen LogP contribution in [0.2, 0.25) is 0 Å². The van der Waals surface area contributed by atoms with Crippen molar-refractivity contribution in [3.05, 3.63) is 71.4 Å². The van der Waals surface area contributed by atoms with E-state index in [1.165, 1.54) is 5.56 Å². The summed E-state index contributed by atoms with van der Waals surface area (Å²) in [5.41, 5.74) is 2.26. The lowest BCUT2D eigenvalue weighted by Crippen LogP contribution is -2.37. The molecule has 2 aromatic heterocycles. The number of unbranched alkanes of at least 4 members (excludes halogenated alkanes) is 1. The Balaban J connectivity index is 1.31. The summed E-state index contributed by atoms with van der Waals surface area (Å²) in [7, 11) is 0.